The first kappa shape index (κ1) is 19.9. The highest BCUT2D eigenvalue weighted by atomic mass is 16.2. The Morgan fingerprint density at radius 3 is 2.52 bits per heavy atom. The summed E-state index contributed by atoms with van der Waals surface area (Å²) < 4.78 is 0. The molecule has 6 rings (SSSR count). The van der Waals surface area contributed by atoms with Crippen LogP contribution in [0.25, 0.3) is 22.0 Å². The number of likely N-dealkylation sites (tertiary alicyclic amines) is 1. The number of aromatic amines is 1. The van der Waals surface area contributed by atoms with Gasteiger partial charge in [-0.2, -0.15) is 0 Å². The Bertz CT molecular complexity index is 1320. The summed E-state index contributed by atoms with van der Waals surface area (Å²) in [4.78, 5) is 21.5. The van der Waals surface area contributed by atoms with E-state index in [4.69, 9.17) is 0 Å². The van der Waals surface area contributed by atoms with E-state index in [1.165, 1.54) is 11.3 Å². The Kier molecular flexibility index (Phi) is 4.83. The van der Waals surface area contributed by atoms with Crippen molar-refractivity contribution in [3.63, 3.8) is 0 Å². The summed E-state index contributed by atoms with van der Waals surface area (Å²) in [5.74, 6) is 0.0880. The van der Waals surface area contributed by atoms with Gasteiger partial charge in [0, 0.05) is 35.6 Å². The first-order chi connectivity index (χ1) is 16.2. The fraction of sp³-hybridized carbons (Fsp3) is 0.214. The number of hydrogen-bond acceptors (Lipinski definition) is 3. The maximum Gasteiger partial charge on any atom is 0.270 e. The second kappa shape index (κ2) is 8.00. The summed E-state index contributed by atoms with van der Waals surface area (Å²) >= 11 is 0. The van der Waals surface area contributed by atoms with Crippen molar-refractivity contribution < 1.29 is 4.79 Å². The Balaban J connectivity index is 1.27. The highest BCUT2D eigenvalue weighted by Gasteiger charge is 2.32. The van der Waals surface area contributed by atoms with Crippen LogP contribution in [0.1, 0.15) is 28.9 Å². The van der Waals surface area contributed by atoms with Crippen LogP contribution in [-0.2, 0) is 0 Å². The highest BCUT2D eigenvalue weighted by molar-refractivity contribution is 6.09. The van der Waals surface area contributed by atoms with E-state index < -0.39 is 0 Å². The van der Waals surface area contributed by atoms with Gasteiger partial charge >= 0.3 is 0 Å². The van der Waals surface area contributed by atoms with Gasteiger partial charge in [-0.1, -0.05) is 54.1 Å². The average molecular weight is 436 g/mol. The number of amides is 1. The molecular formula is C28H27N4O. The molecular weight excluding hydrogens is 408 g/mol. The van der Waals surface area contributed by atoms with Crippen molar-refractivity contribution in [1.29, 1.82) is 0 Å². The van der Waals surface area contributed by atoms with Crippen LogP contribution in [0, 0.1) is 13.6 Å². The number of benzene rings is 3. The van der Waals surface area contributed by atoms with E-state index in [9.17, 15) is 4.79 Å². The maximum atomic E-state index is 13.7. The van der Waals surface area contributed by atoms with Crippen LogP contribution in [0.4, 0.5) is 11.4 Å². The Labute approximate surface area is 194 Å². The van der Waals surface area contributed by atoms with Gasteiger partial charge < -0.3 is 20.1 Å². The van der Waals surface area contributed by atoms with Gasteiger partial charge in [0.15, 0.2) is 0 Å². The van der Waals surface area contributed by atoms with Gasteiger partial charge in [0.25, 0.3) is 5.91 Å². The topological polar surface area (TPSA) is 51.4 Å². The van der Waals surface area contributed by atoms with E-state index in [0.29, 0.717) is 11.7 Å². The molecule has 1 aromatic heterocycles. The highest BCUT2D eigenvalue weighted by Crippen LogP contribution is 2.37. The molecule has 1 radical (unpaired) electrons. The van der Waals surface area contributed by atoms with E-state index in [1.54, 1.807) is 0 Å². The molecule has 0 aliphatic carbocycles. The molecule has 5 heteroatoms. The molecule has 0 bridgehead atoms. The van der Waals surface area contributed by atoms with Crippen LogP contribution < -0.4 is 10.2 Å². The van der Waals surface area contributed by atoms with Gasteiger partial charge in [0.1, 0.15) is 12.4 Å². The predicted octanol–water partition coefficient (Wildman–Crippen LogP) is 5.80. The van der Waals surface area contributed by atoms with Gasteiger partial charge in [0.05, 0.1) is 11.4 Å². The number of rotatable bonds is 3. The first-order valence-corrected chi connectivity index (χ1v) is 11.6. The Morgan fingerprint density at radius 1 is 0.939 bits per heavy atom. The number of carbonyl (C=O) groups is 1. The quantitative estimate of drug-likeness (QED) is 0.428. The lowest BCUT2D eigenvalue weighted by molar-refractivity contribution is 0.0709. The van der Waals surface area contributed by atoms with Gasteiger partial charge in [-0.3, -0.25) is 4.79 Å². The molecule has 1 amide bonds. The number of nitrogens with one attached hydrogen (secondary N) is 2. The average Bonchev–Trinajstić information content (AvgIpc) is 3.46. The zero-order chi connectivity index (χ0) is 22.4. The van der Waals surface area contributed by atoms with E-state index in [-0.39, 0.29) is 5.91 Å². The Hall–Kier alpha value is -3.73. The smallest absolute Gasteiger partial charge is 0.270 e. The van der Waals surface area contributed by atoms with Gasteiger partial charge in [0.2, 0.25) is 0 Å². The molecule has 0 atom stereocenters. The van der Waals surface area contributed by atoms with Crippen molar-refractivity contribution >= 4 is 28.2 Å². The predicted molar refractivity (Wildman–Crippen MR) is 134 cm³/mol. The van der Waals surface area contributed by atoms with Crippen LogP contribution in [0.2, 0.25) is 0 Å². The fourth-order valence-corrected chi connectivity index (χ4v) is 5.21. The van der Waals surface area contributed by atoms with Crippen molar-refractivity contribution in [2.24, 2.45) is 0 Å². The van der Waals surface area contributed by atoms with E-state index in [2.05, 4.69) is 83.4 Å². The molecule has 0 saturated carbocycles. The molecule has 2 aliphatic rings. The van der Waals surface area contributed by atoms with Gasteiger partial charge in [-0.15, -0.1) is 0 Å². The molecule has 5 nitrogen and oxygen atoms in total. The molecule has 3 heterocycles. The summed E-state index contributed by atoms with van der Waals surface area (Å²) in [6.45, 7) is 5.66. The lowest BCUT2D eigenvalue weighted by Crippen LogP contribution is -2.45. The summed E-state index contributed by atoms with van der Waals surface area (Å²) in [6, 6.07) is 25.4. The largest absolute Gasteiger partial charge is 0.360 e. The summed E-state index contributed by atoms with van der Waals surface area (Å²) in [7, 11) is 0. The summed E-state index contributed by atoms with van der Waals surface area (Å²) in [5.41, 5.74) is 7.34. The fourth-order valence-electron chi connectivity index (χ4n) is 5.21. The molecule has 165 valence electrons. The molecule has 2 N–H and O–H groups in total. The van der Waals surface area contributed by atoms with Gasteiger partial charge in [-0.25, -0.2) is 0 Å². The number of para-hydroxylation sites is 2. The van der Waals surface area contributed by atoms with Crippen LogP contribution in [0.3, 0.4) is 0 Å². The molecule has 0 unspecified atom stereocenters. The third-order valence-corrected chi connectivity index (χ3v) is 6.92. The third kappa shape index (κ3) is 3.44. The minimum absolute atomic E-state index is 0.0880. The number of anilines is 2. The number of nitrogens with zero attached hydrogens (tertiary/aromatic N) is 2. The van der Waals surface area contributed by atoms with Crippen molar-refractivity contribution in [2.45, 2.75) is 25.8 Å². The third-order valence-electron chi connectivity index (χ3n) is 6.92. The van der Waals surface area contributed by atoms with E-state index >= 15 is 0 Å². The molecule has 1 saturated heterocycles. The minimum Gasteiger partial charge on any atom is -0.360 e. The summed E-state index contributed by atoms with van der Waals surface area (Å²) in [6.07, 6.45) is 1.89. The molecule has 1 fully saturated rings. The number of aryl methyl sites for hydroxylation is 1. The lowest BCUT2D eigenvalue weighted by Gasteiger charge is -2.37. The summed E-state index contributed by atoms with van der Waals surface area (Å²) in [5, 5.41) is 4.47. The standard InChI is InChI=1S/C28H27N4O/c1-19-11-12-23-22(17-19)26(20-7-3-2-4-8-20)27(30-23)28(33)31-15-13-21(14-16-31)32-18-29-24-9-5-6-10-25(24)32/h2-12,17-18,21,29-30H,13-16H2,1H3. The van der Waals surface area contributed by atoms with Crippen LogP contribution in [0.5, 0.6) is 0 Å². The van der Waals surface area contributed by atoms with Crippen LogP contribution in [-0.4, -0.2) is 34.9 Å². The number of fused-ring (bicyclic) bond motifs is 2. The van der Waals surface area contributed by atoms with Crippen LogP contribution >= 0.6 is 0 Å². The molecule has 3 aromatic carbocycles. The second-order valence-electron chi connectivity index (χ2n) is 9.01. The number of piperidine rings is 1. The lowest BCUT2D eigenvalue weighted by atomic mass is 9.99. The molecule has 2 aliphatic heterocycles. The number of carbonyl (C=O) groups excluding carboxylic acids is 1. The second-order valence-corrected chi connectivity index (χ2v) is 9.01. The molecule has 33 heavy (non-hydrogen) atoms. The van der Waals surface area contributed by atoms with Crippen LogP contribution in [0.15, 0.2) is 72.8 Å². The van der Waals surface area contributed by atoms with Crippen molar-refractivity contribution in [3.05, 3.63) is 90.7 Å². The van der Waals surface area contributed by atoms with E-state index in [1.807, 2.05) is 23.1 Å². The SMILES string of the molecule is Cc1ccc2[nH]c(C(=O)N3CCC(N4[CH]Nc5ccccc54)CC3)c(-c3ccccc3)c2c1. The zero-order valence-electron chi connectivity index (χ0n) is 18.7. The van der Waals surface area contributed by atoms with E-state index in [0.717, 1.165) is 53.6 Å². The van der Waals surface area contributed by atoms with Crippen molar-refractivity contribution in [3.8, 4) is 11.1 Å². The monoisotopic (exact) mass is 435 g/mol. The zero-order valence-corrected chi connectivity index (χ0v) is 18.7. The number of aromatic nitrogens is 1. The molecule has 4 aromatic rings. The number of hydrogen-bond donors (Lipinski definition) is 2. The minimum atomic E-state index is 0.0880. The van der Waals surface area contributed by atoms with Crippen molar-refractivity contribution in [2.75, 3.05) is 23.3 Å². The first-order valence-electron chi connectivity index (χ1n) is 11.6. The van der Waals surface area contributed by atoms with Crippen molar-refractivity contribution in [1.82, 2.24) is 9.88 Å². The molecule has 0 spiro atoms. The normalized spacial score (nSPS) is 16.2. The maximum absolute atomic E-state index is 13.7. The Morgan fingerprint density at radius 2 is 1.70 bits per heavy atom. The van der Waals surface area contributed by atoms with Gasteiger partial charge in [-0.05, 0) is 49.6 Å². The number of H-pyrrole nitrogens is 1.